The molecule has 0 saturated heterocycles. The van der Waals surface area contributed by atoms with Crippen molar-refractivity contribution in [2.24, 2.45) is 0 Å². The lowest BCUT2D eigenvalue weighted by atomic mass is 10.1. The van der Waals surface area contributed by atoms with Crippen LogP contribution in [-0.4, -0.2) is 25.8 Å². The average molecular weight is 383 g/mol. The first-order chi connectivity index (χ1) is 13.1. The number of aromatic nitrogens is 3. The molecule has 0 spiro atoms. The number of pyridine rings is 1. The lowest BCUT2D eigenvalue weighted by Gasteiger charge is -2.21. The summed E-state index contributed by atoms with van der Waals surface area (Å²) in [6.45, 7) is 2.39. The molecule has 0 aliphatic rings. The molecule has 0 saturated carbocycles. The molecule has 1 aromatic carbocycles. The third-order valence-electron chi connectivity index (χ3n) is 4.09. The van der Waals surface area contributed by atoms with Gasteiger partial charge in [-0.1, -0.05) is 11.6 Å². The van der Waals surface area contributed by atoms with Crippen molar-refractivity contribution in [3.8, 4) is 0 Å². The van der Waals surface area contributed by atoms with Crippen LogP contribution in [0.1, 0.15) is 27.4 Å². The summed E-state index contributed by atoms with van der Waals surface area (Å²) in [6.07, 6.45) is 5.69. The number of hydrogen-bond acceptors (Lipinski definition) is 6. The molecule has 7 nitrogen and oxygen atoms in total. The van der Waals surface area contributed by atoms with Gasteiger partial charge in [0.05, 0.1) is 35.6 Å². The van der Waals surface area contributed by atoms with Gasteiger partial charge in [0.25, 0.3) is 5.91 Å². The van der Waals surface area contributed by atoms with Crippen molar-refractivity contribution in [3.05, 3.63) is 77.2 Å². The normalized spacial score (nSPS) is 11.0. The van der Waals surface area contributed by atoms with Crippen LogP contribution in [-0.2, 0) is 13.1 Å². The Kier molecular flexibility index (Phi) is 4.60. The van der Waals surface area contributed by atoms with Gasteiger partial charge in [0.1, 0.15) is 12.5 Å². The van der Waals surface area contributed by atoms with Crippen LogP contribution in [0.4, 0.5) is 0 Å². The second-order valence-corrected chi connectivity index (χ2v) is 6.53. The molecule has 0 aliphatic heterocycles. The van der Waals surface area contributed by atoms with Gasteiger partial charge in [-0.2, -0.15) is 0 Å². The molecular weight excluding hydrogens is 368 g/mol. The number of aryl methyl sites for hydroxylation is 1. The molecule has 0 atom stereocenters. The first kappa shape index (κ1) is 17.2. The van der Waals surface area contributed by atoms with Gasteiger partial charge in [-0.15, -0.1) is 0 Å². The number of amides is 1. The number of hydrogen-bond donors (Lipinski definition) is 0. The smallest absolute Gasteiger partial charge is 0.255 e. The molecule has 136 valence electrons. The fourth-order valence-corrected chi connectivity index (χ4v) is 3.07. The number of carbonyl (C=O) groups is 1. The van der Waals surface area contributed by atoms with Crippen molar-refractivity contribution in [1.29, 1.82) is 0 Å². The molecule has 0 N–H and O–H groups in total. The van der Waals surface area contributed by atoms with E-state index in [-0.39, 0.29) is 19.0 Å². The highest BCUT2D eigenvalue weighted by Gasteiger charge is 2.22. The first-order valence-electron chi connectivity index (χ1n) is 8.20. The number of fused-ring (bicyclic) bond motifs is 1. The van der Waals surface area contributed by atoms with Crippen LogP contribution in [0.5, 0.6) is 0 Å². The number of nitrogens with zero attached hydrogens (tertiary/aromatic N) is 4. The number of carbonyl (C=O) groups excluding carboxylic acids is 1. The highest BCUT2D eigenvalue weighted by molar-refractivity contribution is 6.31. The number of rotatable bonds is 5. The van der Waals surface area contributed by atoms with Crippen molar-refractivity contribution < 1.29 is 13.6 Å². The van der Waals surface area contributed by atoms with Crippen LogP contribution in [0.25, 0.3) is 10.9 Å². The van der Waals surface area contributed by atoms with E-state index in [4.69, 9.17) is 20.4 Å². The van der Waals surface area contributed by atoms with Crippen LogP contribution in [0.3, 0.4) is 0 Å². The molecule has 3 aromatic heterocycles. The van der Waals surface area contributed by atoms with Gasteiger partial charge >= 0.3 is 0 Å². The first-order valence-corrected chi connectivity index (χ1v) is 8.58. The minimum absolute atomic E-state index is 0.182. The Balaban J connectivity index is 1.76. The third kappa shape index (κ3) is 3.68. The van der Waals surface area contributed by atoms with Crippen LogP contribution < -0.4 is 0 Å². The molecule has 4 rings (SSSR count). The molecule has 0 bridgehead atoms. The summed E-state index contributed by atoms with van der Waals surface area (Å²) in [4.78, 5) is 27.8. The summed E-state index contributed by atoms with van der Waals surface area (Å²) in [7, 11) is 0. The second kappa shape index (κ2) is 7.20. The quantitative estimate of drug-likeness (QED) is 0.518. The maximum atomic E-state index is 13.4. The minimum atomic E-state index is -0.182. The Labute approximate surface area is 159 Å². The fourth-order valence-electron chi connectivity index (χ4n) is 2.90. The molecule has 1 amide bonds. The minimum Gasteiger partial charge on any atom is -0.451 e. The molecule has 0 radical (unpaired) electrons. The highest BCUT2D eigenvalue weighted by atomic mass is 35.5. The van der Waals surface area contributed by atoms with Crippen LogP contribution in [0.2, 0.25) is 5.02 Å². The van der Waals surface area contributed by atoms with Gasteiger partial charge < -0.3 is 13.7 Å². The molecule has 0 unspecified atom stereocenters. The van der Waals surface area contributed by atoms with Gasteiger partial charge in [-0.3, -0.25) is 9.78 Å². The average Bonchev–Trinajstić information content (AvgIpc) is 3.34. The summed E-state index contributed by atoms with van der Waals surface area (Å²) < 4.78 is 10.1. The van der Waals surface area contributed by atoms with Crippen LogP contribution >= 0.6 is 11.6 Å². The number of halogens is 1. The van der Waals surface area contributed by atoms with Crippen molar-refractivity contribution in [2.45, 2.75) is 20.0 Å². The largest absolute Gasteiger partial charge is 0.451 e. The maximum Gasteiger partial charge on any atom is 0.255 e. The molecule has 4 aromatic rings. The maximum absolute atomic E-state index is 13.4. The summed E-state index contributed by atoms with van der Waals surface area (Å²) >= 11 is 6.15. The Morgan fingerprint density at radius 3 is 2.33 bits per heavy atom. The molecular formula is C19H15ClN4O3. The molecule has 27 heavy (non-hydrogen) atoms. The van der Waals surface area contributed by atoms with Crippen molar-refractivity contribution >= 4 is 28.4 Å². The summed E-state index contributed by atoms with van der Waals surface area (Å²) in [5, 5.41) is 1.24. The van der Waals surface area contributed by atoms with E-state index in [1.165, 1.54) is 25.3 Å². The van der Waals surface area contributed by atoms with Gasteiger partial charge in [0, 0.05) is 16.1 Å². The Morgan fingerprint density at radius 2 is 1.74 bits per heavy atom. The van der Waals surface area contributed by atoms with E-state index in [0.717, 1.165) is 5.69 Å². The van der Waals surface area contributed by atoms with E-state index < -0.39 is 0 Å². The van der Waals surface area contributed by atoms with E-state index in [0.29, 0.717) is 32.9 Å². The molecule has 0 fully saturated rings. The Bertz CT molecular complexity index is 1040. The lowest BCUT2D eigenvalue weighted by molar-refractivity contribution is 0.0727. The standard InChI is InChI=1S/C19H15ClN4O3/c1-12-4-17(16-5-13(20)2-3-18(16)23-12)19(25)24(6-14-8-26-10-21-14)7-15-9-27-11-22-15/h2-5,8-11H,6-7H2,1H3. The summed E-state index contributed by atoms with van der Waals surface area (Å²) in [5.74, 6) is -0.182. The SMILES string of the molecule is Cc1cc(C(=O)N(Cc2cocn2)Cc2cocn2)c2cc(Cl)ccc2n1. The zero-order valence-electron chi connectivity index (χ0n) is 14.4. The van der Waals surface area contributed by atoms with Crippen molar-refractivity contribution in [3.63, 3.8) is 0 Å². The van der Waals surface area contributed by atoms with Gasteiger partial charge in [-0.25, -0.2) is 9.97 Å². The highest BCUT2D eigenvalue weighted by Crippen LogP contribution is 2.24. The van der Waals surface area contributed by atoms with E-state index in [1.54, 1.807) is 29.2 Å². The molecule has 8 heteroatoms. The van der Waals surface area contributed by atoms with E-state index in [1.807, 2.05) is 6.92 Å². The monoisotopic (exact) mass is 382 g/mol. The van der Waals surface area contributed by atoms with Crippen LogP contribution in [0.15, 0.2) is 58.4 Å². The number of benzene rings is 1. The van der Waals surface area contributed by atoms with Gasteiger partial charge in [0.2, 0.25) is 0 Å². The summed E-state index contributed by atoms with van der Waals surface area (Å²) in [5.41, 5.74) is 3.26. The van der Waals surface area contributed by atoms with Crippen molar-refractivity contribution in [1.82, 2.24) is 19.9 Å². The van der Waals surface area contributed by atoms with Gasteiger partial charge in [0.15, 0.2) is 12.8 Å². The third-order valence-corrected chi connectivity index (χ3v) is 4.32. The number of oxazole rings is 2. The van der Waals surface area contributed by atoms with E-state index in [9.17, 15) is 4.79 Å². The fraction of sp³-hybridized carbons (Fsp3) is 0.158. The zero-order chi connectivity index (χ0) is 18.8. The summed E-state index contributed by atoms with van der Waals surface area (Å²) in [6, 6.07) is 7.08. The predicted molar refractivity (Wildman–Crippen MR) is 98.1 cm³/mol. The Hall–Kier alpha value is -3.19. The topological polar surface area (TPSA) is 85.3 Å². The van der Waals surface area contributed by atoms with Crippen molar-refractivity contribution in [2.75, 3.05) is 0 Å². The van der Waals surface area contributed by atoms with E-state index >= 15 is 0 Å². The lowest BCUT2D eigenvalue weighted by Crippen LogP contribution is -2.30. The van der Waals surface area contributed by atoms with Gasteiger partial charge in [-0.05, 0) is 31.2 Å². The predicted octanol–water partition coefficient (Wildman–Crippen LogP) is 4.02. The molecule has 3 heterocycles. The van der Waals surface area contributed by atoms with E-state index in [2.05, 4.69) is 15.0 Å². The second-order valence-electron chi connectivity index (χ2n) is 6.09. The van der Waals surface area contributed by atoms with Crippen LogP contribution in [0, 0.1) is 6.92 Å². The molecule has 0 aliphatic carbocycles. The zero-order valence-corrected chi connectivity index (χ0v) is 15.2. The Morgan fingerprint density at radius 1 is 1.07 bits per heavy atom.